The molecule has 0 radical (unpaired) electrons. The van der Waals surface area contributed by atoms with Crippen LogP contribution in [-0.4, -0.2) is 31.6 Å². The monoisotopic (exact) mass is 298 g/mol. The minimum Gasteiger partial charge on any atom is -0.364 e. The molecule has 112 valence electrons. The highest BCUT2D eigenvalue weighted by molar-refractivity contribution is 5.85. The average Bonchev–Trinajstić information content (AvgIpc) is 2.46. The number of nitrogens with one attached hydrogen (secondary N) is 2. The minimum absolute atomic E-state index is 0. The topological polar surface area (TPSA) is 50.4 Å². The van der Waals surface area contributed by atoms with Crippen molar-refractivity contribution < 1.29 is 9.53 Å². The second-order valence-corrected chi connectivity index (χ2v) is 4.78. The van der Waals surface area contributed by atoms with Gasteiger partial charge in [0.15, 0.2) is 6.10 Å². The van der Waals surface area contributed by atoms with Gasteiger partial charge in [-0.05, 0) is 38.4 Å². The van der Waals surface area contributed by atoms with Crippen LogP contribution >= 0.6 is 12.4 Å². The lowest BCUT2D eigenvalue weighted by molar-refractivity contribution is -0.133. The van der Waals surface area contributed by atoms with E-state index in [0.29, 0.717) is 6.61 Å². The highest BCUT2D eigenvalue weighted by Crippen LogP contribution is 2.18. The Morgan fingerprint density at radius 2 is 2.00 bits per heavy atom. The quantitative estimate of drug-likeness (QED) is 0.875. The Hall–Kier alpha value is -1.10. The van der Waals surface area contributed by atoms with Crippen molar-refractivity contribution in [1.82, 2.24) is 10.6 Å². The van der Waals surface area contributed by atoms with E-state index >= 15 is 0 Å². The maximum absolute atomic E-state index is 12.3. The zero-order valence-electron chi connectivity index (χ0n) is 11.8. The molecular formula is C15H23ClN2O2. The Morgan fingerprint density at radius 3 is 2.60 bits per heavy atom. The van der Waals surface area contributed by atoms with Gasteiger partial charge in [0.25, 0.3) is 5.91 Å². The number of ether oxygens (including phenoxy) is 1. The summed E-state index contributed by atoms with van der Waals surface area (Å²) in [5, 5.41) is 6.39. The van der Waals surface area contributed by atoms with Crippen LogP contribution in [-0.2, 0) is 9.53 Å². The van der Waals surface area contributed by atoms with Crippen molar-refractivity contribution in [3.05, 3.63) is 35.9 Å². The molecule has 0 bridgehead atoms. The molecule has 0 aromatic heterocycles. The van der Waals surface area contributed by atoms with E-state index in [4.69, 9.17) is 4.74 Å². The third-order valence-electron chi connectivity index (χ3n) is 3.36. The molecule has 20 heavy (non-hydrogen) atoms. The molecule has 2 N–H and O–H groups in total. The summed E-state index contributed by atoms with van der Waals surface area (Å²) in [7, 11) is 0. The van der Waals surface area contributed by atoms with Gasteiger partial charge in [-0.1, -0.05) is 30.3 Å². The van der Waals surface area contributed by atoms with Crippen molar-refractivity contribution in [2.45, 2.75) is 31.9 Å². The largest absolute Gasteiger partial charge is 0.364 e. The second kappa shape index (κ2) is 8.95. The maximum atomic E-state index is 12.3. The Bertz CT molecular complexity index is 394. The summed E-state index contributed by atoms with van der Waals surface area (Å²) in [6.07, 6.45) is 1.47. The number of carbonyl (C=O) groups is 1. The van der Waals surface area contributed by atoms with Gasteiger partial charge in [0.05, 0.1) is 0 Å². The molecule has 1 unspecified atom stereocenters. The lowest BCUT2D eigenvalue weighted by Gasteiger charge is -2.26. The van der Waals surface area contributed by atoms with Gasteiger partial charge in [0.1, 0.15) is 0 Å². The van der Waals surface area contributed by atoms with E-state index in [1.165, 1.54) is 0 Å². The third kappa shape index (κ3) is 4.78. The van der Waals surface area contributed by atoms with Gasteiger partial charge in [-0.25, -0.2) is 0 Å². The molecule has 1 heterocycles. The van der Waals surface area contributed by atoms with Crippen LogP contribution in [0.15, 0.2) is 30.3 Å². The van der Waals surface area contributed by atoms with Gasteiger partial charge in [-0.15, -0.1) is 12.4 Å². The molecule has 5 heteroatoms. The summed E-state index contributed by atoms with van der Waals surface area (Å²) in [4.78, 5) is 12.3. The fourth-order valence-electron chi connectivity index (χ4n) is 2.36. The van der Waals surface area contributed by atoms with Gasteiger partial charge in [-0.3, -0.25) is 4.79 Å². The number of piperidine rings is 1. The van der Waals surface area contributed by atoms with Crippen molar-refractivity contribution in [3.8, 4) is 0 Å². The van der Waals surface area contributed by atoms with E-state index in [9.17, 15) is 4.79 Å². The molecule has 4 nitrogen and oxygen atoms in total. The van der Waals surface area contributed by atoms with Crippen LogP contribution in [0.5, 0.6) is 0 Å². The maximum Gasteiger partial charge on any atom is 0.253 e. The number of carbonyl (C=O) groups excluding carboxylic acids is 1. The van der Waals surface area contributed by atoms with Crippen LogP contribution in [0.2, 0.25) is 0 Å². The van der Waals surface area contributed by atoms with Gasteiger partial charge < -0.3 is 15.4 Å². The first kappa shape index (κ1) is 17.0. The highest BCUT2D eigenvalue weighted by Gasteiger charge is 2.24. The van der Waals surface area contributed by atoms with Crippen molar-refractivity contribution in [3.63, 3.8) is 0 Å². The summed E-state index contributed by atoms with van der Waals surface area (Å²) in [6, 6.07) is 9.93. The normalized spacial score (nSPS) is 17.1. The zero-order valence-corrected chi connectivity index (χ0v) is 12.6. The molecule has 1 aromatic rings. The highest BCUT2D eigenvalue weighted by atomic mass is 35.5. The SMILES string of the molecule is CCOC(C(=O)NC1CCNCC1)c1ccccc1.Cl. The first-order valence-corrected chi connectivity index (χ1v) is 6.99. The van der Waals surface area contributed by atoms with E-state index in [0.717, 1.165) is 31.5 Å². The fraction of sp³-hybridized carbons (Fsp3) is 0.533. The number of hydrogen-bond donors (Lipinski definition) is 2. The molecule has 1 aliphatic heterocycles. The molecule has 1 aliphatic rings. The summed E-state index contributed by atoms with van der Waals surface area (Å²) in [5.41, 5.74) is 0.913. The number of hydrogen-bond acceptors (Lipinski definition) is 3. The van der Waals surface area contributed by atoms with Gasteiger partial charge in [-0.2, -0.15) is 0 Å². The van der Waals surface area contributed by atoms with E-state index in [1.54, 1.807) is 0 Å². The van der Waals surface area contributed by atoms with Crippen LogP contribution in [0.25, 0.3) is 0 Å². The smallest absolute Gasteiger partial charge is 0.253 e. The van der Waals surface area contributed by atoms with E-state index < -0.39 is 6.10 Å². The van der Waals surface area contributed by atoms with Crippen molar-refractivity contribution in [1.29, 1.82) is 0 Å². The molecular weight excluding hydrogens is 276 g/mol. The Labute approximate surface area is 126 Å². The predicted molar refractivity (Wildman–Crippen MR) is 82.1 cm³/mol. The summed E-state index contributed by atoms with van der Waals surface area (Å²) < 4.78 is 5.60. The van der Waals surface area contributed by atoms with Crippen LogP contribution in [0.4, 0.5) is 0 Å². The van der Waals surface area contributed by atoms with Crippen LogP contribution < -0.4 is 10.6 Å². The minimum atomic E-state index is -0.499. The standard InChI is InChI=1S/C15H22N2O2.ClH/c1-2-19-14(12-6-4-3-5-7-12)15(18)17-13-8-10-16-11-9-13;/h3-7,13-14,16H,2,8-11H2,1H3,(H,17,18);1H. The third-order valence-corrected chi connectivity index (χ3v) is 3.36. The first-order valence-electron chi connectivity index (χ1n) is 6.99. The van der Waals surface area contributed by atoms with E-state index in [-0.39, 0.29) is 24.4 Å². The molecule has 1 amide bonds. The molecule has 0 aliphatic carbocycles. The van der Waals surface area contributed by atoms with Gasteiger partial charge in [0.2, 0.25) is 0 Å². The molecule has 1 atom stereocenters. The number of rotatable bonds is 5. The molecule has 1 fully saturated rings. The summed E-state index contributed by atoms with van der Waals surface area (Å²) in [5.74, 6) is -0.0278. The summed E-state index contributed by atoms with van der Waals surface area (Å²) >= 11 is 0. The predicted octanol–water partition coefficient (Wildman–Crippen LogP) is 2.05. The van der Waals surface area contributed by atoms with Crippen LogP contribution in [0.3, 0.4) is 0 Å². The summed E-state index contributed by atoms with van der Waals surface area (Å²) in [6.45, 7) is 4.37. The second-order valence-electron chi connectivity index (χ2n) is 4.78. The molecule has 1 aromatic carbocycles. The Morgan fingerprint density at radius 1 is 1.35 bits per heavy atom. The number of benzene rings is 1. The van der Waals surface area contributed by atoms with Crippen molar-refractivity contribution >= 4 is 18.3 Å². The molecule has 1 saturated heterocycles. The number of amides is 1. The van der Waals surface area contributed by atoms with E-state index in [2.05, 4.69) is 10.6 Å². The van der Waals surface area contributed by atoms with Gasteiger partial charge in [0, 0.05) is 12.6 Å². The Kier molecular flexibility index (Phi) is 7.59. The van der Waals surface area contributed by atoms with Crippen molar-refractivity contribution in [2.24, 2.45) is 0 Å². The zero-order chi connectivity index (χ0) is 13.5. The number of halogens is 1. The lowest BCUT2D eigenvalue weighted by atomic mass is 10.0. The average molecular weight is 299 g/mol. The molecule has 0 spiro atoms. The fourth-order valence-corrected chi connectivity index (χ4v) is 2.36. The lowest BCUT2D eigenvalue weighted by Crippen LogP contribution is -2.44. The van der Waals surface area contributed by atoms with Crippen molar-refractivity contribution in [2.75, 3.05) is 19.7 Å². The van der Waals surface area contributed by atoms with E-state index in [1.807, 2.05) is 37.3 Å². The first-order chi connectivity index (χ1) is 9.31. The van der Waals surface area contributed by atoms with Crippen LogP contribution in [0, 0.1) is 0 Å². The molecule has 2 rings (SSSR count). The van der Waals surface area contributed by atoms with Gasteiger partial charge >= 0.3 is 0 Å². The van der Waals surface area contributed by atoms with Crippen LogP contribution in [0.1, 0.15) is 31.4 Å². The Balaban J connectivity index is 0.00000200. The molecule has 0 saturated carbocycles.